The number of fused-ring (bicyclic) bond motifs is 5. The van der Waals surface area contributed by atoms with E-state index in [2.05, 4.69) is 27.7 Å². The quantitative estimate of drug-likeness (QED) is 0.172. The van der Waals surface area contributed by atoms with Crippen LogP contribution < -0.4 is 0 Å². The maximum atomic E-state index is 12.6. The van der Waals surface area contributed by atoms with Crippen LogP contribution in [0.4, 0.5) is 0 Å². The number of ether oxygens (including phenoxy) is 3. The standard InChI is InChI=1S/C36H56O10/c1-21-12-14-35(15-13-21)43-45-36(46-44-35)17-16-33(5)25(20-36)18-29(41-23(3)37)32-27-10-9-26(22(2)8-11-31(39)40-7)34(27,6)30(19-28(32)33)42-24(4)38/h21-22,25-30,32H,8-20H2,1-7H3/t21?,22?,25-,26-,27?,28?,29?,30+,32?,33+,34-,35?,36?/m1/s1. The van der Waals surface area contributed by atoms with E-state index < -0.39 is 11.6 Å². The molecule has 0 radical (unpaired) electrons. The van der Waals surface area contributed by atoms with Crippen LogP contribution in [0.3, 0.4) is 0 Å². The molecule has 0 aromatic heterocycles. The molecule has 6 aliphatic rings. The third kappa shape index (κ3) is 5.91. The molecular formula is C36H56O10. The first kappa shape index (κ1) is 34.1. The Hall–Kier alpha value is -1.75. The van der Waals surface area contributed by atoms with Crippen molar-refractivity contribution in [3.63, 3.8) is 0 Å². The molecule has 0 aromatic carbocycles. The first-order valence-corrected chi connectivity index (χ1v) is 17.9. The van der Waals surface area contributed by atoms with E-state index in [1.165, 1.54) is 21.0 Å². The number of methoxy groups -OCH3 is 1. The van der Waals surface area contributed by atoms with Crippen LogP contribution in [0.5, 0.6) is 0 Å². The van der Waals surface area contributed by atoms with Crippen LogP contribution in [0, 0.1) is 52.3 Å². The van der Waals surface area contributed by atoms with E-state index in [9.17, 15) is 14.4 Å². The molecule has 1 aliphatic heterocycles. The summed E-state index contributed by atoms with van der Waals surface area (Å²) in [7, 11) is 1.43. The van der Waals surface area contributed by atoms with Crippen molar-refractivity contribution >= 4 is 17.9 Å². The average Bonchev–Trinajstić information content (AvgIpc) is 3.37. The first-order valence-electron chi connectivity index (χ1n) is 17.9. The fourth-order valence-electron chi connectivity index (χ4n) is 11.3. The summed E-state index contributed by atoms with van der Waals surface area (Å²) in [6.45, 7) is 12.1. The molecule has 10 heteroatoms. The molecule has 0 N–H and O–H groups in total. The highest BCUT2D eigenvalue weighted by Crippen LogP contribution is 2.70. The molecule has 1 saturated heterocycles. The van der Waals surface area contributed by atoms with Gasteiger partial charge in [0.1, 0.15) is 12.2 Å². The van der Waals surface area contributed by atoms with Crippen molar-refractivity contribution in [3.05, 3.63) is 0 Å². The summed E-state index contributed by atoms with van der Waals surface area (Å²) in [4.78, 5) is 61.7. The summed E-state index contributed by atoms with van der Waals surface area (Å²) in [5.74, 6) is -0.792. The van der Waals surface area contributed by atoms with Gasteiger partial charge in [0, 0.05) is 57.3 Å². The monoisotopic (exact) mass is 648 g/mol. The highest BCUT2D eigenvalue weighted by atomic mass is 17.4. The van der Waals surface area contributed by atoms with E-state index >= 15 is 0 Å². The smallest absolute Gasteiger partial charge is 0.305 e. The minimum absolute atomic E-state index is 0.108. The molecule has 46 heavy (non-hydrogen) atoms. The summed E-state index contributed by atoms with van der Waals surface area (Å²) in [6.07, 6.45) is 9.45. The van der Waals surface area contributed by atoms with Gasteiger partial charge in [-0.3, -0.25) is 14.4 Å². The van der Waals surface area contributed by atoms with Crippen LogP contribution in [0.1, 0.15) is 125 Å². The predicted octanol–water partition coefficient (Wildman–Crippen LogP) is 6.83. The fraction of sp³-hybridized carbons (Fsp3) is 0.917. The van der Waals surface area contributed by atoms with Crippen molar-refractivity contribution < 1.29 is 48.1 Å². The number of esters is 3. The maximum absolute atomic E-state index is 12.6. The van der Waals surface area contributed by atoms with Crippen molar-refractivity contribution in [2.75, 3.05) is 7.11 Å². The fourth-order valence-corrected chi connectivity index (χ4v) is 11.3. The Kier molecular flexibility index (Phi) is 9.35. The van der Waals surface area contributed by atoms with Crippen LogP contribution in [0.2, 0.25) is 0 Å². The molecule has 1 heterocycles. The molecule has 10 nitrogen and oxygen atoms in total. The summed E-state index contributed by atoms with van der Waals surface area (Å²) in [6, 6.07) is 0. The summed E-state index contributed by atoms with van der Waals surface area (Å²) >= 11 is 0. The lowest BCUT2D eigenvalue weighted by molar-refractivity contribution is -0.665. The molecule has 5 unspecified atom stereocenters. The van der Waals surface area contributed by atoms with Gasteiger partial charge in [0.05, 0.1) is 7.11 Å². The number of hydrogen-bond donors (Lipinski definition) is 0. The zero-order valence-electron chi connectivity index (χ0n) is 29.0. The van der Waals surface area contributed by atoms with E-state index in [0.717, 1.165) is 51.4 Å². The topological polar surface area (TPSA) is 116 Å². The van der Waals surface area contributed by atoms with Gasteiger partial charge in [-0.1, -0.05) is 27.7 Å². The van der Waals surface area contributed by atoms with Crippen molar-refractivity contribution in [1.82, 2.24) is 0 Å². The lowest BCUT2D eigenvalue weighted by Crippen LogP contribution is -2.65. The van der Waals surface area contributed by atoms with Crippen LogP contribution in [-0.4, -0.2) is 48.8 Å². The molecule has 10 atom stereocenters. The third-order valence-electron chi connectivity index (χ3n) is 13.9. The van der Waals surface area contributed by atoms with Crippen molar-refractivity contribution in [3.8, 4) is 0 Å². The Bertz CT molecular complexity index is 1150. The Labute approximate surface area is 274 Å². The van der Waals surface area contributed by atoms with Gasteiger partial charge in [-0.2, -0.15) is 19.6 Å². The number of carbonyl (C=O) groups is 3. The normalized spacial score (nSPS) is 47.3. The second-order valence-corrected chi connectivity index (χ2v) is 16.4. The lowest BCUT2D eigenvalue weighted by atomic mass is 9.42. The minimum atomic E-state index is -1.00. The van der Waals surface area contributed by atoms with Gasteiger partial charge >= 0.3 is 17.9 Å². The molecule has 260 valence electrons. The van der Waals surface area contributed by atoms with Crippen molar-refractivity contribution in [2.24, 2.45) is 52.3 Å². The maximum Gasteiger partial charge on any atom is 0.305 e. The second kappa shape index (κ2) is 12.6. The molecule has 0 amide bonds. The predicted molar refractivity (Wildman–Crippen MR) is 165 cm³/mol. The Morgan fingerprint density at radius 2 is 1.48 bits per heavy atom. The van der Waals surface area contributed by atoms with E-state index in [0.29, 0.717) is 38.0 Å². The van der Waals surface area contributed by atoms with E-state index in [1.54, 1.807) is 0 Å². The Morgan fingerprint density at radius 1 is 0.826 bits per heavy atom. The molecule has 6 rings (SSSR count). The van der Waals surface area contributed by atoms with E-state index in [1.807, 2.05) is 0 Å². The molecular weight excluding hydrogens is 592 g/mol. The van der Waals surface area contributed by atoms with Gasteiger partial charge in [-0.15, -0.1) is 0 Å². The van der Waals surface area contributed by atoms with Gasteiger partial charge < -0.3 is 14.2 Å². The Balaban J connectivity index is 1.27. The van der Waals surface area contributed by atoms with E-state index in [-0.39, 0.29) is 76.5 Å². The minimum Gasteiger partial charge on any atom is -0.469 e. The van der Waals surface area contributed by atoms with Gasteiger partial charge in [-0.05, 0) is 92.3 Å². The second-order valence-electron chi connectivity index (χ2n) is 16.4. The molecule has 5 aliphatic carbocycles. The Morgan fingerprint density at radius 3 is 2.11 bits per heavy atom. The molecule has 0 aromatic rings. The van der Waals surface area contributed by atoms with Crippen LogP contribution in [0.25, 0.3) is 0 Å². The first-order chi connectivity index (χ1) is 21.7. The van der Waals surface area contributed by atoms with E-state index in [4.69, 9.17) is 33.8 Å². The van der Waals surface area contributed by atoms with Crippen LogP contribution in [-0.2, 0) is 48.1 Å². The molecule has 0 bridgehead atoms. The number of hydrogen-bond acceptors (Lipinski definition) is 10. The van der Waals surface area contributed by atoms with Gasteiger partial charge in [0.2, 0.25) is 11.6 Å². The average molecular weight is 649 g/mol. The largest absolute Gasteiger partial charge is 0.469 e. The van der Waals surface area contributed by atoms with Crippen LogP contribution in [0.15, 0.2) is 0 Å². The molecule has 5 saturated carbocycles. The SMILES string of the molecule is COC(=O)CCC(C)[C@H]1CCC2C3C(OC(C)=O)C[C@@H]4CC5(CC[C@]4(C)C3C[C@H](OC(C)=O)[C@@]21C)OOC1(CCC(C)CC1)OO5. The van der Waals surface area contributed by atoms with Gasteiger partial charge in [0.25, 0.3) is 0 Å². The van der Waals surface area contributed by atoms with Crippen molar-refractivity contribution in [2.45, 2.75) is 149 Å². The van der Waals surface area contributed by atoms with Gasteiger partial charge in [0.15, 0.2) is 0 Å². The lowest BCUT2D eigenvalue weighted by Gasteiger charge is -2.65. The van der Waals surface area contributed by atoms with Crippen LogP contribution >= 0.6 is 0 Å². The van der Waals surface area contributed by atoms with Gasteiger partial charge in [-0.25, -0.2) is 0 Å². The molecule has 2 spiro atoms. The number of rotatable bonds is 6. The third-order valence-corrected chi connectivity index (χ3v) is 13.9. The summed E-state index contributed by atoms with van der Waals surface area (Å²) < 4.78 is 17.5. The highest BCUT2D eigenvalue weighted by Gasteiger charge is 2.69. The zero-order chi connectivity index (χ0) is 33.1. The summed E-state index contributed by atoms with van der Waals surface area (Å²) in [5.41, 5.74) is -0.411. The summed E-state index contributed by atoms with van der Waals surface area (Å²) in [5, 5.41) is 0. The van der Waals surface area contributed by atoms with Crippen molar-refractivity contribution in [1.29, 1.82) is 0 Å². The number of carbonyl (C=O) groups excluding carboxylic acids is 3. The zero-order valence-corrected chi connectivity index (χ0v) is 29.0. The molecule has 6 fully saturated rings. The highest BCUT2D eigenvalue weighted by molar-refractivity contribution is 5.69.